The van der Waals surface area contributed by atoms with Gasteiger partial charge < -0.3 is 30.3 Å². The van der Waals surface area contributed by atoms with Crippen molar-refractivity contribution >= 4 is 22.4 Å². The number of halogens is 5. The SMILES string of the molecule is CC[C@@H]1CN2c3nc(OC[C@@]45CCC[C@H]4N(C)CCC5)nc4c(F)c(-c5cc(N)c(F)c(C)c5C(F)(F)F)nc(c34)O[C@@H](C)[C@@H]2CN1. The van der Waals surface area contributed by atoms with E-state index >= 15 is 4.39 Å². The second-order valence-electron chi connectivity index (χ2n) is 13.7. The third kappa shape index (κ3) is 5.22. The number of hydrogen-bond acceptors (Lipinski definition) is 9. The highest BCUT2D eigenvalue weighted by Gasteiger charge is 2.48. The van der Waals surface area contributed by atoms with E-state index in [1.807, 2.05) is 6.92 Å². The van der Waals surface area contributed by atoms with Crippen LogP contribution in [0.5, 0.6) is 11.9 Å². The Kier molecular flexibility index (Phi) is 7.89. The zero-order chi connectivity index (χ0) is 33.4. The van der Waals surface area contributed by atoms with Gasteiger partial charge in [-0.05, 0) is 71.2 Å². The maximum Gasteiger partial charge on any atom is 0.417 e. The Bertz CT molecular complexity index is 1720. The van der Waals surface area contributed by atoms with E-state index in [1.165, 1.54) is 0 Å². The molecule has 3 aromatic rings. The van der Waals surface area contributed by atoms with Crippen LogP contribution in [0.2, 0.25) is 0 Å². The number of alkyl halides is 3. The average Bonchev–Trinajstić information content (AvgIpc) is 3.43. The van der Waals surface area contributed by atoms with Crippen LogP contribution in [0.3, 0.4) is 0 Å². The number of hydrogen-bond donors (Lipinski definition) is 2. The molecule has 5 heterocycles. The van der Waals surface area contributed by atoms with Crippen molar-refractivity contribution in [1.82, 2.24) is 25.2 Å². The molecule has 2 aromatic heterocycles. The number of nitrogens with one attached hydrogen (secondary N) is 1. The van der Waals surface area contributed by atoms with Gasteiger partial charge in [-0.25, -0.2) is 13.8 Å². The number of anilines is 2. The fourth-order valence-corrected chi connectivity index (χ4v) is 8.42. The lowest BCUT2D eigenvalue weighted by molar-refractivity contribution is -0.137. The molecule has 3 fully saturated rings. The summed E-state index contributed by atoms with van der Waals surface area (Å²) in [7, 11) is 2.13. The van der Waals surface area contributed by atoms with Crippen molar-refractivity contribution in [2.24, 2.45) is 5.41 Å². The third-order valence-corrected chi connectivity index (χ3v) is 10.9. The number of pyridine rings is 1. The van der Waals surface area contributed by atoms with Gasteiger partial charge >= 0.3 is 12.2 Å². The van der Waals surface area contributed by atoms with Gasteiger partial charge in [0.25, 0.3) is 0 Å². The molecule has 47 heavy (non-hydrogen) atoms. The van der Waals surface area contributed by atoms with Gasteiger partial charge in [0.1, 0.15) is 34.3 Å². The van der Waals surface area contributed by atoms with E-state index in [1.54, 1.807) is 0 Å². The van der Waals surface area contributed by atoms with Crippen LogP contribution in [0.1, 0.15) is 63.5 Å². The first-order valence-electron chi connectivity index (χ1n) is 16.4. The van der Waals surface area contributed by atoms with Gasteiger partial charge in [-0.15, -0.1) is 0 Å². The van der Waals surface area contributed by atoms with E-state index in [-0.39, 0.29) is 40.3 Å². The Labute approximate surface area is 270 Å². The Morgan fingerprint density at radius 1 is 1.15 bits per heavy atom. The van der Waals surface area contributed by atoms with Gasteiger partial charge in [-0.2, -0.15) is 23.1 Å². The lowest BCUT2D eigenvalue weighted by atomic mass is 9.76. The third-order valence-electron chi connectivity index (χ3n) is 10.9. The monoisotopic (exact) mass is 661 g/mol. The quantitative estimate of drug-likeness (QED) is 0.257. The van der Waals surface area contributed by atoms with Gasteiger partial charge in [-0.1, -0.05) is 13.3 Å². The highest BCUT2D eigenvalue weighted by Crippen LogP contribution is 2.49. The summed E-state index contributed by atoms with van der Waals surface area (Å²) in [5, 5.41) is 3.67. The molecule has 14 heteroatoms. The molecule has 9 nitrogen and oxygen atoms in total. The van der Waals surface area contributed by atoms with Crippen LogP contribution in [0.15, 0.2) is 6.07 Å². The normalized spacial score (nSPS) is 27.7. The summed E-state index contributed by atoms with van der Waals surface area (Å²) in [5.41, 5.74) is 1.35. The Hall–Kier alpha value is -3.52. The lowest BCUT2D eigenvalue weighted by Gasteiger charge is -2.44. The first-order chi connectivity index (χ1) is 22.3. The molecule has 5 atom stereocenters. The van der Waals surface area contributed by atoms with Crippen molar-refractivity contribution in [2.75, 3.05) is 43.9 Å². The van der Waals surface area contributed by atoms with Crippen LogP contribution in [-0.4, -0.2) is 77.4 Å². The van der Waals surface area contributed by atoms with Gasteiger partial charge in [0.15, 0.2) is 5.82 Å². The number of fused-ring (bicyclic) bond motifs is 3. The molecular weight excluding hydrogens is 621 g/mol. The molecule has 1 saturated carbocycles. The molecule has 0 bridgehead atoms. The van der Waals surface area contributed by atoms with Crippen molar-refractivity contribution in [2.45, 2.75) is 89.7 Å². The predicted molar refractivity (Wildman–Crippen MR) is 168 cm³/mol. The van der Waals surface area contributed by atoms with Gasteiger partial charge in [0.2, 0.25) is 5.88 Å². The van der Waals surface area contributed by atoms with Crippen LogP contribution in [0, 0.1) is 24.0 Å². The van der Waals surface area contributed by atoms with E-state index < -0.39 is 52.0 Å². The summed E-state index contributed by atoms with van der Waals surface area (Å²) in [5.74, 6) is -2.10. The maximum atomic E-state index is 16.8. The minimum Gasteiger partial charge on any atom is -0.472 e. The first-order valence-corrected chi connectivity index (χ1v) is 16.4. The molecule has 254 valence electrons. The number of piperazine rings is 1. The number of aromatic nitrogens is 3. The van der Waals surface area contributed by atoms with Crippen LogP contribution < -0.4 is 25.4 Å². The molecule has 0 amide bonds. The number of ether oxygens (including phenoxy) is 2. The Morgan fingerprint density at radius 3 is 2.66 bits per heavy atom. The number of benzene rings is 1. The van der Waals surface area contributed by atoms with Crippen molar-refractivity contribution < 1.29 is 31.4 Å². The van der Waals surface area contributed by atoms with E-state index in [9.17, 15) is 17.6 Å². The molecule has 2 saturated heterocycles. The van der Waals surface area contributed by atoms with E-state index in [4.69, 9.17) is 20.2 Å². The average molecular weight is 662 g/mol. The molecule has 0 spiro atoms. The van der Waals surface area contributed by atoms with Crippen LogP contribution >= 0.6 is 0 Å². The highest BCUT2D eigenvalue weighted by molar-refractivity contribution is 5.97. The number of nitrogens with two attached hydrogens (primary N) is 1. The molecule has 0 unspecified atom stereocenters. The zero-order valence-corrected chi connectivity index (χ0v) is 27.0. The van der Waals surface area contributed by atoms with Crippen LogP contribution in [-0.2, 0) is 6.18 Å². The number of nitrogen functional groups attached to an aromatic ring is 1. The Balaban J connectivity index is 1.43. The van der Waals surface area contributed by atoms with Crippen molar-refractivity contribution in [3.8, 4) is 23.1 Å². The van der Waals surface area contributed by atoms with Crippen LogP contribution in [0.4, 0.5) is 33.5 Å². The van der Waals surface area contributed by atoms with Gasteiger partial charge in [0, 0.05) is 36.2 Å². The van der Waals surface area contributed by atoms with Crippen LogP contribution in [0.25, 0.3) is 22.2 Å². The number of nitrogens with zero attached hydrogens (tertiary/aromatic N) is 5. The Morgan fingerprint density at radius 2 is 1.91 bits per heavy atom. The van der Waals surface area contributed by atoms with E-state index in [0.29, 0.717) is 31.6 Å². The van der Waals surface area contributed by atoms with Crippen molar-refractivity contribution in [1.29, 1.82) is 0 Å². The predicted octanol–water partition coefficient (Wildman–Crippen LogP) is 5.86. The number of piperidine rings is 1. The summed E-state index contributed by atoms with van der Waals surface area (Å²) >= 11 is 0. The molecule has 1 aromatic carbocycles. The fraction of sp³-hybridized carbons (Fsp3) is 0.606. The summed E-state index contributed by atoms with van der Waals surface area (Å²) in [4.78, 5) is 18.1. The van der Waals surface area contributed by atoms with Crippen molar-refractivity contribution in [3.05, 3.63) is 28.8 Å². The molecule has 1 aliphatic carbocycles. The number of likely N-dealkylation sites (tertiary alicyclic amines) is 1. The fourth-order valence-electron chi connectivity index (χ4n) is 8.42. The smallest absolute Gasteiger partial charge is 0.417 e. The molecular formula is C33H40F5N7O2. The zero-order valence-electron chi connectivity index (χ0n) is 27.0. The maximum absolute atomic E-state index is 16.8. The summed E-state index contributed by atoms with van der Waals surface area (Å²) < 4.78 is 87.5. The van der Waals surface area contributed by atoms with E-state index in [0.717, 1.165) is 58.1 Å². The second kappa shape index (κ2) is 11.6. The van der Waals surface area contributed by atoms with Gasteiger partial charge in [-0.3, -0.25) is 0 Å². The summed E-state index contributed by atoms with van der Waals surface area (Å²) in [6.07, 6.45) is 0.444. The topological polar surface area (TPSA) is 102 Å². The highest BCUT2D eigenvalue weighted by atomic mass is 19.4. The summed E-state index contributed by atoms with van der Waals surface area (Å²) in [6.45, 7) is 7.28. The molecule has 3 aliphatic heterocycles. The van der Waals surface area contributed by atoms with E-state index in [2.05, 4.69) is 39.1 Å². The molecule has 0 radical (unpaired) electrons. The standard InChI is InChI=1S/C33H40F5N7O2/c1-5-18-14-45-21(13-40-18)17(3)47-30-23-28(26(35)27(41-30)19-12-20(39)25(34)16(2)24(19)33(36,37)38)42-31(43-29(23)45)46-15-32-9-6-8-22(32)44(4)11-7-10-32/h12,17-18,21-22,40H,5-11,13-15,39H2,1-4H3/t17-,18+,21-,22+,32-/m0/s1. The van der Waals surface area contributed by atoms with Crippen molar-refractivity contribution in [3.63, 3.8) is 0 Å². The molecule has 3 N–H and O–H groups in total. The molecule has 7 rings (SSSR count). The largest absolute Gasteiger partial charge is 0.472 e. The molecule has 4 aliphatic rings. The minimum atomic E-state index is -5.03. The first kappa shape index (κ1) is 32.0. The van der Waals surface area contributed by atoms with Gasteiger partial charge in [0.05, 0.1) is 23.9 Å². The lowest BCUT2D eigenvalue weighted by Crippen LogP contribution is -2.60. The minimum absolute atomic E-state index is 0.0616. The summed E-state index contributed by atoms with van der Waals surface area (Å²) in [6, 6.07) is 0.925. The second-order valence-corrected chi connectivity index (χ2v) is 13.7. The number of rotatable bonds is 5.